The molecule has 0 unspecified atom stereocenters. The van der Waals surface area contributed by atoms with Crippen molar-refractivity contribution in [1.82, 2.24) is 0 Å². The average molecular weight is 415 g/mol. The van der Waals surface area contributed by atoms with Gasteiger partial charge in [-0.3, -0.25) is 9.52 Å². The minimum atomic E-state index is -3.73. The number of aryl methyl sites for hydroxylation is 2. The molecule has 0 aliphatic heterocycles. The van der Waals surface area contributed by atoms with E-state index in [-0.39, 0.29) is 10.8 Å². The highest BCUT2D eigenvalue weighted by Gasteiger charge is 2.14. The highest BCUT2D eigenvalue weighted by molar-refractivity contribution is 7.92. The summed E-state index contributed by atoms with van der Waals surface area (Å²) in [7, 11) is -3.73. The predicted molar refractivity (Wildman–Crippen MR) is 113 cm³/mol. The average Bonchev–Trinajstić information content (AvgIpc) is 2.61. The Balaban J connectivity index is 1.72. The smallest absolute Gasteiger partial charge is 0.261 e. The molecule has 0 bridgehead atoms. The van der Waals surface area contributed by atoms with Crippen molar-refractivity contribution in [3.8, 4) is 0 Å². The SMILES string of the molecule is Cc1cc(C)cc(NC(=O)c2ccc(NS(=O)(=O)c3ccc(Cl)cc3)cc2)c1. The standard InChI is InChI=1S/C21H19ClN2O3S/c1-14-11-15(2)13-19(12-14)23-21(25)16-3-7-18(8-4-16)24-28(26,27)20-9-5-17(22)6-10-20/h3-13,24H,1-2H3,(H,23,25). The summed E-state index contributed by atoms with van der Waals surface area (Å²) in [5, 5.41) is 3.31. The molecule has 0 heterocycles. The van der Waals surface area contributed by atoms with Gasteiger partial charge < -0.3 is 5.32 Å². The van der Waals surface area contributed by atoms with Gasteiger partial charge in [0.15, 0.2) is 0 Å². The topological polar surface area (TPSA) is 75.3 Å². The Morgan fingerprint density at radius 2 is 1.39 bits per heavy atom. The summed E-state index contributed by atoms with van der Waals surface area (Å²) in [6, 6.07) is 17.9. The quantitative estimate of drug-likeness (QED) is 0.616. The fourth-order valence-corrected chi connectivity index (χ4v) is 3.95. The van der Waals surface area contributed by atoms with Crippen molar-refractivity contribution in [2.45, 2.75) is 18.7 Å². The monoisotopic (exact) mass is 414 g/mol. The van der Waals surface area contributed by atoms with E-state index < -0.39 is 10.0 Å². The van der Waals surface area contributed by atoms with Gasteiger partial charge in [0.05, 0.1) is 4.90 Å². The van der Waals surface area contributed by atoms with E-state index in [1.54, 1.807) is 24.3 Å². The number of rotatable bonds is 5. The summed E-state index contributed by atoms with van der Waals surface area (Å²) in [5.74, 6) is -0.267. The first-order valence-electron chi connectivity index (χ1n) is 8.51. The third-order valence-electron chi connectivity index (χ3n) is 4.00. The Bertz CT molecular complexity index is 1090. The molecule has 0 spiro atoms. The summed E-state index contributed by atoms with van der Waals surface area (Å²) in [4.78, 5) is 12.5. The molecular formula is C21H19ClN2O3S. The molecular weight excluding hydrogens is 396 g/mol. The molecule has 0 saturated carbocycles. The molecule has 28 heavy (non-hydrogen) atoms. The van der Waals surface area contributed by atoms with Crippen molar-refractivity contribution in [2.75, 3.05) is 10.0 Å². The summed E-state index contributed by atoms with van der Waals surface area (Å²) < 4.78 is 27.3. The van der Waals surface area contributed by atoms with Gasteiger partial charge in [0, 0.05) is 22.0 Å². The summed E-state index contributed by atoms with van der Waals surface area (Å²) in [5.41, 5.74) is 3.62. The molecule has 5 nitrogen and oxygen atoms in total. The van der Waals surface area contributed by atoms with Crippen LogP contribution in [0.1, 0.15) is 21.5 Å². The van der Waals surface area contributed by atoms with Crippen LogP contribution < -0.4 is 10.0 Å². The maximum atomic E-state index is 12.4. The van der Waals surface area contributed by atoms with E-state index >= 15 is 0 Å². The Hall–Kier alpha value is -2.83. The number of hydrogen-bond acceptors (Lipinski definition) is 3. The van der Waals surface area contributed by atoms with Gasteiger partial charge in [0.2, 0.25) is 0 Å². The van der Waals surface area contributed by atoms with Gasteiger partial charge in [-0.2, -0.15) is 0 Å². The second-order valence-electron chi connectivity index (χ2n) is 6.47. The third-order valence-corrected chi connectivity index (χ3v) is 5.65. The first kappa shape index (κ1) is 19.9. The number of hydrogen-bond donors (Lipinski definition) is 2. The molecule has 7 heteroatoms. The fourth-order valence-electron chi connectivity index (χ4n) is 2.77. The van der Waals surface area contributed by atoms with Crippen LogP contribution in [-0.2, 0) is 10.0 Å². The van der Waals surface area contributed by atoms with Crippen LogP contribution >= 0.6 is 11.6 Å². The number of halogens is 1. The first-order chi connectivity index (χ1) is 13.2. The molecule has 1 amide bonds. The number of carbonyl (C=O) groups is 1. The molecule has 3 aromatic carbocycles. The van der Waals surface area contributed by atoms with Gasteiger partial charge in [-0.1, -0.05) is 17.7 Å². The Kier molecular flexibility index (Phi) is 5.72. The lowest BCUT2D eigenvalue weighted by atomic mass is 10.1. The molecule has 3 aromatic rings. The molecule has 0 atom stereocenters. The lowest BCUT2D eigenvalue weighted by molar-refractivity contribution is 0.102. The van der Waals surface area contributed by atoms with Crippen LogP contribution in [0.15, 0.2) is 71.6 Å². The Morgan fingerprint density at radius 1 is 0.821 bits per heavy atom. The highest BCUT2D eigenvalue weighted by Crippen LogP contribution is 2.20. The first-order valence-corrected chi connectivity index (χ1v) is 10.4. The zero-order chi connectivity index (χ0) is 20.3. The van der Waals surface area contributed by atoms with E-state index in [4.69, 9.17) is 11.6 Å². The van der Waals surface area contributed by atoms with Gasteiger partial charge in [-0.15, -0.1) is 0 Å². The largest absolute Gasteiger partial charge is 0.322 e. The van der Waals surface area contributed by atoms with Crippen molar-refractivity contribution in [1.29, 1.82) is 0 Å². The lowest BCUT2D eigenvalue weighted by Crippen LogP contribution is -2.14. The van der Waals surface area contributed by atoms with Crippen LogP contribution in [-0.4, -0.2) is 14.3 Å². The van der Waals surface area contributed by atoms with Crippen LogP contribution in [0.25, 0.3) is 0 Å². The lowest BCUT2D eigenvalue weighted by Gasteiger charge is -2.10. The van der Waals surface area contributed by atoms with Crippen LogP contribution in [0, 0.1) is 13.8 Å². The maximum absolute atomic E-state index is 12.4. The third kappa shape index (κ3) is 4.91. The minimum absolute atomic E-state index is 0.105. The number of sulfonamides is 1. The van der Waals surface area contributed by atoms with E-state index in [1.807, 2.05) is 32.0 Å². The number of amides is 1. The number of nitrogens with one attached hydrogen (secondary N) is 2. The maximum Gasteiger partial charge on any atom is 0.261 e. The Labute approximate surface area is 169 Å². The zero-order valence-corrected chi connectivity index (χ0v) is 16.9. The van der Waals surface area contributed by atoms with Crippen LogP contribution in [0.5, 0.6) is 0 Å². The number of anilines is 2. The molecule has 3 rings (SSSR count). The molecule has 0 fully saturated rings. The van der Waals surface area contributed by atoms with Crippen LogP contribution in [0.3, 0.4) is 0 Å². The molecule has 0 aliphatic carbocycles. The molecule has 2 N–H and O–H groups in total. The van der Waals surface area contributed by atoms with Crippen molar-refractivity contribution < 1.29 is 13.2 Å². The van der Waals surface area contributed by atoms with E-state index in [0.717, 1.165) is 16.8 Å². The van der Waals surface area contributed by atoms with Gasteiger partial charge in [0.1, 0.15) is 0 Å². The van der Waals surface area contributed by atoms with E-state index in [9.17, 15) is 13.2 Å². The van der Waals surface area contributed by atoms with Crippen molar-refractivity contribution >= 4 is 38.9 Å². The van der Waals surface area contributed by atoms with Crippen molar-refractivity contribution in [3.63, 3.8) is 0 Å². The predicted octanol–water partition coefficient (Wildman–Crippen LogP) is 5.01. The molecule has 144 valence electrons. The van der Waals surface area contributed by atoms with Crippen molar-refractivity contribution in [3.05, 3.63) is 88.4 Å². The molecule has 0 aliphatic rings. The fraction of sp³-hybridized carbons (Fsp3) is 0.0952. The van der Waals surface area contributed by atoms with E-state index in [0.29, 0.717) is 16.3 Å². The summed E-state index contributed by atoms with van der Waals surface area (Å²) in [6.45, 7) is 3.93. The normalized spacial score (nSPS) is 11.1. The summed E-state index contributed by atoms with van der Waals surface area (Å²) in [6.07, 6.45) is 0. The van der Waals surface area contributed by atoms with Crippen LogP contribution in [0.2, 0.25) is 5.02 Å². The number of carbonyl (C=O) groups excluding carboxylic acids is 1. The van der Waals surface area contributed by atoms with Crippen LogP contribution in [0.4, 0.5) is 11.4 Å². The second-order valence-corrected chi connectivity index (χ2v) is 8.59. The highest BCUT2D eigenvalue weighted by atomic mass is 35.5. The molecule has 0 saturated heterocycles. The van der Waals surface area contributed by atoms with Crippen molar-refractivity contribution in [2.24, 2.45) is 0 Å². The van der Waals surface area contributed by atoms with E-state index in [1.165, 1.54) is 24.3 Å². The second kappa shape index (κ2) is 8.04. The van der Waals surface area contributed by atoms with Gasteiger partial charge in [-0.25, -0.2) is 8.42 Å². The van der Waals surface area contributed by atoms with Gasteiger partial charge in [0.25, 0.3) is 15.9 Å². The number of benzene rings is 3. The summed E-state index contributed by atoms with van der Waals surface area (Å²) >= 11 is 5.79. The van der Waals surface area contributed by atoms with Gasteiger partial charge >= 0.3 is 0 Å². The molecule has 0 radical (unpaired) electrons. The zero-order valence-electron chi connectivity index (χ0n) is 15.4. The Morgan fingerprint density at radius 3 is 1.96 bits per heavy atom. The molecule has 0 aromatic heterocycles. The minimum Gasteiger partial charge on any atom is -0.322 e. The van der Waals surface area contributed by atoms with E-state index in [2.05, 4.69) is 10.0 Å². The van der Waals surface area contributed by atoms with Gasteiger partial charge in [-0.05, 0) is 85.6 Å².